The first-order valence-corrected chi connectivity index (χ1v) is 6.66. The Labute approximate surface area is 115 Å². The van der Waals surface area contributed by atoms with E-state index in [0.717, 1.165) is 13.0 Å². The van der Waals surface area contributed by atoms with E-state index in [0.29, 0.717) is 18.7 Å². The van der Waals surface area contributed by atoms with Crippen LogP contribution >= 0.6 is 0 Å². The van der Waals surface area contributed by atoms with E-state index < -0.39 is 5.82 Å². The van der Waals surface area contributed by atoms with Gasteiger partial charge in [0.15, 0.2) is 0 Å². The first kappa shape index (κ1) is 15.6. The molecule has 0 aliphatic rings. The van der Waals surface area contributed by atoms with Gasteiger partial charge in [0.1, 0.15) is 5.82 Å². The number of hydrogen-bond acceptors (Lipinski definition) is 2. The standard InChI is InChI=1S/C15H23FN2O/c1-5-18(11-7-10-17(3)4)15(19)13-9-6-8-12(2)14(13)16/h6,8-9H,5,7,10-11H2,1-4H3. The Hall–Kier alpha value is -1.42. The number of halogens is 1. The van der Waals surface area contributed by atoms with Gasteiger partial charge in [0.25, 0.3) is 5.91 Å². The predicted molar refractivity (Wildman–Crippen MR) is 75.9 cm³/mol. The molecule has 1 rings (SSSR count). The summed E-state index contributed by atoms with van der Waals surface area (Å²) in [4.78, 5) is 16.1. The largest absolute Gasteiger partial charge is 0.339 e. The third kappa shape index (κ3) is 4.31. The summed E-state index contributed by atoms with van der Waals surface area (Å²) in [7, 11) is 4.00. The molecule has 0 atom stereocenters. The molecule has 0 saturated carbocycles. The van der Waals surface area contributed by atoms with Crippen molar-refractivity contribution in [3.8, 4) is 0 Å². The Morgan fingerprint density at radius 1 is 1.26 bits per heavy atom. The molecule has 0 saturated heterocycles. The zero-order chi connectivity index (χ0) is 14.4. The van der Waals surface area contributed by atoms with Crippen LogP contribution in [0, 0.1) is 12.7 Å². The van der Waals surface area contributed by atoms with Gasteiger partial charge in [-0.15, -0.1) is 0 Å². The summed E-state index contributed by atoms with van der Waals surface area (Å²) in [6.07, 6.45) is 0.889. The molecule has 0 fully saturated rings. The number of hydrogen-bond donors (Lipinski definition) is 0. The Kier molecular flexibility index (Phi) is 5.96. The highest BCUT2D eigenvalue weighted by Crippen LogP contribution is 2.14. The van der Waals surface area contributed by atoms with E-state index in [4.69, 9.17) is 0 Å². The molecule has 1 aromatic rings. The number of carbonyl (C=O) groups is 1. The molecule has 0 aromatic heterocycles. The molecule has 106 valence electrons. The Morgan fingerprint density at radius 2 is 1.95 bits per heavy atom. The van der Waals surface area contributed by atoms with E-state index >= 15 is 0 Å². The van der Waals surface area contributed by atoms with Crippen molar-refractivity contribution in [3.63, 3.8) is 0 Å². The second kappa shape index (κ2) is 7.24. The van der Waals surface area contributed by atoms with Crippen molar-refractivity contribution < 1.29 is 9.18 Å². The van der Waals surface area contributed by atoms with Gasteiger partial charge in [-0.25, -0.2) is 4.39 Å². The van der Waals surface area contributed by atoms with Gasteiger partial charge < -0.3 is 9.80 Å². The van der Waals surface area contributed by atoms with Crippen LogP contribution in [0.4, 0.5) is 4.39 Å². The first-order valence-electron chi connectivity index (χ1n) is 6.66. The fraction of sp³-hybridized carbons (Fsp3) is 0.533. The van der Waals surface area contributed by atoms with E-state index in [1.54, 1.807) is 30.0 Å². The lowest BCUT2D eigenvalue weighted by Crippen LogP contribution is -2.33. The van der Waals surface area contributed by atoms with Crippen molar-refractivity contribution in [3.05, 3.63) is 35.1 Å². The van der Waals surface area contributed by atoms with Crippen LogP contribution in [0.1, 0.15) is 29.3 Å². The fourth-order valence-corrected chi connectivity index (χ4v) is 1.96. The smallest absolute Gasteiger partial charge is 0.256 e. The van der Waals surface area contributed by atoms with Gasteiger partial charge >= 0.3 is 0 Å². The van der Waals surface area contributed by atoms with Crippen LogP contribution in [-0.2, 0) is 0 Å². The highest BCUT2D eigenvalue weighted by atomic mass is 19.1. The maximum absolute atomic E-state index is 13.9. The molecule has 19 heavy (non-hydrogen) atoms. The summed E-state index contributed by atoms with van der Waals surface area (Å²) in [6, 6.07) is 4.95. The summed E-state index contributed by atoms with van der Waals surface area (Å²) in [6.45, 7) is 5.76. The molecular formula is C15H23FN2O. The topological polar surface area (TPSA) is 23.6 Å². The Balaban J connectivity index is 2.75. The minimum Gasteiger partial charge on any atom is -0.339 e. The summed E-state index contributed by atoms with van der Waals surface area (Å²) in [5.74, 6) is -0.624. The van der Waals surface area contributed by atoms with E-state index in [9.17, 15) is 9.18 Å². The van der Waals surface area contributed by atoms with Crippen molar-refractivity contribution in [2.24, 2.45) is 0 Å². The molecule has 0 radical (unpaired) electrons. The van der Waals surface area contributed by atoms with Gasteiger partial charge in [0.05, 0.1) is 5.56 Å². The average Bonchev–Trinajstić information content (AvgIpc) is 2.37. The van der Waals surface area contributed by atoms with Crippen LogP contribution in [0.15, 0.2) is 18.2 Å². The molecule has 0 aliphatic carbocycles. The number of rotatable bonds is 6. The van der Waals surface area contributed by atoms with Crippen molar-refractivity contribution in [1.82, 2.24) is 9.80 Å². The molecular weight excluding hydrogens is 243 g/mol. The number of amides is 1. The van der Waals surface area contributed by atoms with E-state index in [1.807, 2.05) is 21.0 Å². The zero-order valence-corrected chi connectivity index (χ0v) is 12.2. The van der Waals surface area contributed by atoms with Crippen molar-refractivity contribution in [2.75, 3.05) is 33.7 Å². The second-order valence-electron chi connectivity index (χ2n) is 4.98. The summed E-state index contributed by atoms with van der Waals surface area (Å²) < 4.78 is 13.9. The number of carbonyl (C=O) groups excluding carboxylic acids is 1. The Morgan fingerprint density at radius 3 is 2.53 bits per heavy atom. The quantitative estimate of drug-likeness (QED) is 0.790. The van der Waals surface area contributed by atoms with Crippen LogP contribution in [0.5, 0.6) is 0 Å². The van der Waals surface area contributed by atoms with Crippen molar-refractivity contribution in [1.29, 1.82) is 0 Å². The van der Waals surface area contributed by atoms with Gasteiger partial charge in [-0.3, -0.25) is 4.79 Å². The molecule has 0 N–H and O–H groups in total. The first-order chi connectivity index (χ1) is 8.97. The molecule has 0 unspecified atom stereocenters. The third-order valence-corrected chi connectivity index (χ3v) is 3.12. The lowest BCUT2D eigenvalue weighted by atomic mass is 10.1. The lowest BCUT2D eigenvalue weighted by molar-refractivity contribution is 0.0754. The maximum atomic E-state index is 13.9. The van der Waals surface area contributed by atoms with Gasteiger partial charge in [-0.2, -0.15) is 0 Å². The summed E-state index contributed by atoms with van der Waals surface area (Å²) >= 11 is 0. The number of nitrogens with zero attached hydrogens (tertiary/aromatic N) is 2. The number of benzene rings is 1. The molecule has 0 bridgehead atoms. The van der Waals surface area contributed by atoms with Crippen molar-refractivity contribution >= 4 is 5.91 Å². The van der Waals surface area contributed by atoms with Gasteiger partial charge in [-0.05, 0) is 52.5 Å². The van der Waals surface area contributed by atoms with E-state index in [1.165, 1.54) is 0 Å². The molecule has 0 aliphatic heterocycles. The van der Waals surface area contributed by atoms with Crippen LogP contribution in [0.25, 0.3) is 0 Å². The van der Waals surface area contributed by atoms with Crippen LogP contribution < -0.4 is 0 Å². The highest BCUT2D eigenvalue weighted by molar-refractivity contribution is 5.94. The summed E-state index contributed by atoms with van der Waals surface area (Å²) in [5.41, 5.74) is 0.682. The molecule has 3 nitrogen and oxygen atoms in total. The van der Waals surface area contributed by atoms with Crippen molar-refractivity contribution in [2.45, 2.75) is 20.3 Å². The van der Waals surface area contributed by atoms with E-state index in [-0.39, 0.29) is 11.5 Å². The normalized spacial score (nSPS) is 10.8. The minimum atomic E-state index is -0.404. The zero-order valence-electron chi connectivity index (χ0n) is 12.2. The molecule has 1 amide bonds. The van der Waals surface area contributed by atoms with Gasteiger partial charge in [0.2, 0.25) is 0 Å². The van der Waals surface area contributed by atoms with Gasteiger partial charge in [-0.1, -0.05) is 12.1 Å². The second-order valence-corrected chi connectivity index (χ2v) is 4.98. The number of aryl methyl sites for hydroxylation is 1. The summed E-state index contributed by atoms with van der Waals surface area (Å²) in [5, 5.41) is 0. The molecule has 0 heterocycles. The SMILES string of the molecule is CCN(CCCN(C)C)C(=O)c1cccc(C)c1F. The fourth-order valence-electron chi connectivity index (χ4n) is 1.96. The molecule has 1 aromatic carbocycles. The monoisotopic (exact) mass is 266 g/mol. The average molecular weight is 266 g/mol. The predicted octanol–water partition coefficient (Wildman–Crippen LogP) is 2.55. The van der Waals surface area contributed by atoms with Crippen LogP contribution in [0.3, 0.4) is 0 Å². The highest BCUT2D eigenvalue weighted by Gasteiger charge is 2.18. The Bertz CT molecular complexity index is 432. The third-order valence-electron chi connectivity index (χ3n) is 3.12. The molecule has 0 spiro atoms. The van der Waals surface area contributed by atoms with E-state index in [2.05, 4.69) is 4.90 Å². The van der Waals surface area contributed by atoms with Crippen LogP contribution in [0.2, 0.25) is 0 Å². The maximum Gasteiger partial charge on any atom is 0.256 e. The van der Waals surface area contributed by atoms with Gasteiger partial charge in [0, 0.05) is 13.1 Å². The lowest BCUT2D eigenvalue weighted by Gasteiger charge is -2.22. The molecule has 4 heteroatoms. The van der Waals surface area contributed by atoms with Crippen LogP contribution in [-0.4, -0.2) is 49.4 Å². The minimum absolute atomic E-state index is 0.173.